The molecule has 0 aliphatic carbocycles. The number of hydrogen-bond donors (Lipinski definition) is 1. The number of nitrogens with two attached hydrogens (primary N) is 1. The van der Waals surface area contributed by atoms with Crippen molar-refractivity contribution in [3.8, 4) is 0 Å². The van der Waals surface area contributed by atoms with Crippen molar-refractivity contribution < 1.29 is 22.7 Å². The minimum absolute atomic E-state index is 0.117. The van der Waals surface area contributed by atoms with E-state index in [1.54, 1.807) is 0 Å². The number of ether oxygens (including phenoxy) is 1. The summed E-state index contributed by atoms with van der Waals surface area (Å²) in [6, 6.07) is -1.24. The van der Waals surface area contributed by atoms with E-state index in [0.717, 1.165) is 0 Å². The van der Waals surface area contributed by atoms with Gasteiger partial charge in [0.1, 0.15) is 0 Å². The fourth-order valence-electron chi connectivity index (χ4n) is 0.439. The molecule has 0 bridgehead atoms. The van der Waals surface area contributed by atoms with E-state index in [4.69, 9.17) is 0 Å². The summed E-state index contributed by atoms with van der Waals surface area (Å²) in [5.41, 5.74) is 4.55. The summed E-state index contributed by atoms with van der Waals surface area (Å²) in [5.74, 6) is 0. The van der Waals surface area contributed by atoms with Gasteiger partial charge in [-0.1, -0.05) is 0 Å². The first kappa shape index (κ1) is 11.6. The summed E-state index contributed by atoms with van der Waals surface area (Å²) in [6.45, 7) is -1.53. The summed E-state index contributed by atoms with van der Waals surface area (Å²) in [4.78, 5) is 19.9. The van der Waals surface area contributed by atoms with Gasteiger partial charge in [-0.25, -0.2) is 4.79 Å². The molecule has 2 N–H and O–H groups in total. The van der Waals surface area contributed by atoms with Crippen LogP contribution in [0, 0.1) is 4.91 Å². The van der Waals surface area contributed by atoms with Crippen molar-refractivity contribution in [1.29, 1.82) is 0 Å². The molecule has 0 heterocycles. The Morgan fingerprint density at radius 2 is 2.08 bits per heavy atom. The second-order valence-electron chi connectivity index (χ2n) is 1.84. The number of alkyl halides is 3. The molecular weight excluding hydrogens is 195 g/mol. The zero-order valence-corrected chi connectivity index (χ0v) is 6.24. The number of nitroso groups, excluding NO2 is 1. The third kappa shape index (κ3) is 5.84. The number of carbonyl (C=O) groups excluding carboxylic acids is 1. The SMILES string of the molecule is NC(=O)N(CCOC(F)(F)F)N=O. The minimum Gasteiger partial charge on any atom is -0.350 e. The predicted octanol–water partition coefficient (Wildman–Crippen LogP) is 0.585. The van der Waals surface area contributed by atoms with Crippen LogP contribution < -0.4 is 5.73 Å². The lowest BCUT2D eigenvalue weighted by molar-refractivity contribution is -0.324. The predicted molar refractivity (Wildman–Crippen MR) is 34.1 cm³/mol. The van der Waals surface area contributed by atoms with Crippen LogP contribution in [0.15, 0.2) is 5.29 Å². The number of hydrogen-bond acceptors (Lipinski definition) is 4. The number of amides is 2. The summed E-state index contributed by atoms with van der Waals surface area (Å²) in [7, 11) is 0. The zero-order chi connectivity index (χ0) is 10.5. The Hall–Kier alpha value is -1.38. The molecule has 0 saturated heterocycles. The standard InChI is InChI=1S/C4H6F3N3O3/c5-4(6,7)13-2-1-10(9-12)3(8)11/h1-2H2,(H2,8,11). The molecule has 0 aromatic heterocycles. The van der Waals surface area contributed by atoms with Gasteiger partial charge >= 0.3 is 12.4 Å². The summed E-state index contributed by atoms with van der Waals surface area (Å²) in [6.07, 6.45) is -4.80. The van der Waals surface area contributed by atoms with Gasteiger partial charge < -0.3 is 5.73 Å². The van der Waals surface area contributed by atoms with Crippen LogP contribution in [-0.4, -0.2) is 30.6 Å². The van der Waals surface area contributed by atoms with Crippen LogP contribution in [0.1, 0.15) is 0 Å². The van der Waals surface area contributed by atoms with E-state index < -0.39 is 25.5 Å². The first-order valence-electron chi connectivity index (χ1n) is 2.97. The molecule has 6 nitrogen and oxygen atoms in total. The van der Waals surface area contributed by atoms with E-state index in [0.29, 0.717) is 0 Å². The van der Waals surface area contributed by atoms with Gasteiger partial charge in [-0.15, -0.1) is 18.1 Å². The average Bonchev–Trinajstić information content (AvgIpc) is 1.95. The second-order valence-corrected chi connectivity index (χ2v) is 1.84. The van der Waals surface area contributed by atoms with Crippen LogP contribution in [0.5, 0.6) is 0 Å². The molecule has 2 amide bonds. The number of urea groups is 1. The highest BCUT2D eigenvalue weighted by Gasteiger charge is 2.29. The fraction of sp³-hybridized carbons (Fsp3) is 0.750. The van der Waals surface area contributed by atoms with Crippen LogP contribution in [0.2, 0.25) is 0 Å². The van der Waals surface area contributed by atoms with E-state index in [-0.39, 0.29) is 5.01 Å². The number of rotatable bonds is 4. The molecule has 0 aliphatic heterocycles. The van der Waals surface area contributed by atoms with E-state index in [1.807, 2.05) is 0 Å². The Kier molecular flexibility index (Phi) is 4.11. The highest BCUT2D eigenvalue weighted by Crippen LogP contribution is 2.15. The Bertz CT molecular complexity index is 195. The zero-order valence-electron chi connectivity index (χ0n) is 6.24. The van der Waals surface area contributed by atoms with Gasteiger partial charge in [0.15, 0.2) is 0 Å². The van der Waals surface area contributed by atoms with Crippen molar-refractivity contribution in [3.63, 3.8) is 0 Å². The lowest BCUT2D eigenvalue weighted by atomic mass is 10.6. The van der Waals surface area contributed by atoms with E-state index in [9.17, 15) is 22.9 Å². The number of primary amides is 1. The highest BCUT2D eigenvalue weighted by atomic mass is 19.4. The van der Waals surface area contributed by atoms with Crippen molar-refractivity contribution in [2.45, 2.75) is 6.36 Å². The first-order chi connectivity index (χ1) is 5.87. The maximum absolute atomic E-state index is 11.3. The highest BCUT2D eigenvalue weighted by molar-refractivity contribution is 5.71. The van der Waals surface area contributed by atoms with Crippen molar-refractivity contribution >= 4 is 6.03 Å². The molecular formula is C4H6F3N3O3. The van der Waals surface area contributed by atoms with Gasteiger partial charge in [0, 0.05) is 0 Å². The molecule has 0 spiro atoms. The molecule has 76 valence electrons. The quantitative estimate of drug-likeness (QED) is 0.533. The maximum Gasteiger partial charge on any atom is 0.522 e. The monoisotopic (exact) mass is 201 g/mol. The second kappa shape index (κ2) is 4.60. The first-order valence-corrected chi connectivity index (χ1v) is 2.97. The fourth-order valence-corrected chi connectivity index (χ4v) is 0.439. The molecule has 0 unspecified atom stereocenters. The molecule has 0 aromatic rings. The summed E-state index contributed by atoms with van der Waals surface area (Å²) < 4.78 is 37.3. The van der Waals surface area contributed by atoms with Gasteiger partial charge in [-0.3, -0.25) is 4.74 Å². The van der Waals surface area contributed by atoms with Crippen LogP contribution in [0.25, 0.3) is 0 Å². The van der Waals surface area contributed by atoms with Crippen LogP contribution in [0.3, 0.4) is 0 Å². The summed E-state index contributed by atoms with van der Waals surface area (Å²) in [5, 5.41) is 2.19. The molecule has 0 aromatic carbocycles. The van der Waals surface area contributed by atoms with E-state index in [2.05, 4.69) is 15.8 Å². The Morgan fingerprint density at radius 1 is 1.54 bits per heavy atom. The lowest BCUT2D eigenvalue weighted by Crippen LogP contribution is -2.34. The smallest absolute Gasteiger partial charge is 0.350 e. The van der Waals surface area contributed by atoms with Crippen molar-refractivity contribution in [1.82, 2.24) is 5.01 Å². The molecule has 9 heteroatoms. The number of nitrogens with zero attached hydrogens (tertiary/aromatic N) is 2. The Labute approximate surface area is 70.4 Å². The van der Waals surface area contributed by atoms with Crippen LogP contribution in [0.4, 0.5) is 18.0 Å². The van der Waals surface area contributed by atoms with E-state index in [1.165, 1.54) is 0 Å². The molecule has 0 saturated carbocycles. The third-order valence-corrected chi connectivity index (χ3v) is 0.922. The van der Waals surface area contributed by atoms with Gasteiger partial charge in [0.05, 0.1) is 18.4 Å². The number of carbonyl (C=O) groups is 1. The van der Waals surface area contributed by atoms with Crippen LogP contribution >= 0.6 is 0 Å². The lowest BCUT2D eigenvalue weighted by Gasteiger charge is -2.11. The molecule has 0 atom stereocenters. The molecule has 13 heavy (non-hydrogen) atoms. The van der Waals surface area contributed by atoms with Crippen molar-refractivity contribution in [2.75, 3.05) is 13.2 Å². The average molecular weight is 201 g/mol. The topological polar surface area (TPSA) is 85.0 Å². The molecule has 0 aliphatic rings. The van der Waals surface area contributed by atoms with Gasteiger partial charge in [0.25, 0.3) is 0 Å². The van der Waals surface area contributed by atoms with Gasteiger partial charge in [-0.2, -0.15) is 5.01 Å². The largest absolute Gasteiger partial charge is 0.522 e. The van der Waals surface area contributed by atoms with Gasteiger partial charge in [-0.05, 0) is 0 Å². The number of halogens is 3. The molecule has 0 radical (unpaired) electrons. The van der Waals surface area contributed by atoms with Crippen molar-refractivity contribution in [3.05, 3.63) is 4.91 Å². The maximum atomic E-state index is 11.3. The molecule has 0 fully saturated rings. The third-order valence-electron chi connectivity index (χ3n) is 0.922. The minimum atomic E-state index is -4.80. The van der Waals surface area contributed by atoms with Crippen LogP contribution in [-0.2, 0) is 4.74 Å². The molecule has 0 rings (SSSR count). The van der Waals surface area contributed by atoms with E-state index >= 15 is 0 Å². The summed E-state index contributed by atoms with van der Waals surface area (Å²) >= 11 is 0. The Balaban J connectivity index is 3.74. The van der Waals surface area contributed by atoms with Crippen molar-refractivity contribution in [2.24, 2.45) is 11.0 Å². The van der Waals surface area contributed by atoms with Gasteiger partial charge in [0.2, 0.25) is 0 Å². The normalized spacial score (nSPS) is 11.0. The Morgan fingerprint density at radius 3 is 2.38 bits per heavy atom.